The zero-order valence-corrected chi connectivity index (χ0v) is 14.8. The molecule has 0 bridgehead atoms. The van der Waals surface area contributed by atoms with Gasteiger partial charge in [-0.3, -0.25) is 4.79 Å². The monoisotopic (exact) mass is 365 g/mol. The first kappa shape index (κ1) is 16.3. The lowest BCUT2D eigenvalue weighted by Crippen LogP contribution is -2.37. The second-order valence-corrected chi connectivity index (χ2v) is 7.34. The molecule has 138 valence electrons. The average Bonchev–Trinajstić information content (AvgIpc) is 3.34. The summed E-state index contributed by atoms with van der Waals surface area (Å²) in [6.07, 6.45) is 3.74. The minimum Gasteiger partial charge on any atom is -0.396 e. The van der Waals surface area contributed by atoms with Crippen LogP contribution in [0.1, 0.15) is 23.2 Å². The number of anilines is 2. The van der Waals surface area contributed by atoms with E-state index in [1.165, 1.54) is 6.07 Å². The van der Waals surface area contributed by atoms with Crippen LogP contribution in [0.4, 0.5) is 15.8 Å². The van der Waals surface area contributed by atoms with Gasteiger partial charge in [0.2, 0.25) is 0 Å². The SMILES string of the molecule is O=C1Nc2ccc(F)c3c(N4CCCC(CO)C4)cc(-c4ccc[nH]4)c1c23. The molecular formula is C21H20FN3O2. The second-order valence-electron chi connectivity index (χ2n) is 7.34. The molecular weight excluding hydrogens is 345 g/mol. The molecule has 1 amide bonds. The van der Waals surface area contributed by atoms with Crippen molar-refractivity contribution in [3.05, 3.63) is 47.9 Å². The number of piperidine rings is 1. The highest BCUT2D eigenvalue weighted by Gasteiger charge is 2.31. The van der Waals surface area contributed by atoms with Crippen LogP contribution in [0.25, 0.3) is 22.0 Å². The highest BCUT2D eigenvalue weighted by Crippen LogP contribution is 2.45. The molecule has 0 spiro atoms. The minimum atomic E-state index is -0.328. The number of aliphatic hydroxyl groups excluding tert-OH is 1. The second kappa shape index (κ2) is 6.09. The Morgan fingerprint density at radius 2 is 2.15 bits per heavy atom. The van der Waals surface area contributed by atoms with E-state index < -0.39 is 0 Å². The van der Waals surface area contributed by atoms with Crippen LogP contribution in [0.3, 0.4) is 0 Å². The largest absolute Gasteiger partial charge is 0.396 e. The number of nitrogens with one attached hydrogen (secondary N) is 2. The van der Waals surface area contributed by atoms with Crippen molar-refractivity contribution in [3.63, 3.8) is 0 Å². The Bertz CT molecular complexity index is 1050. The van der Waals surface area contributed by atoms with Gasteiger partial charge in [0.05, 0.1) is 5.56 Å². The van der Waals surface area contributed by atoms with Gasteiger partial charge in [-0.15, -0.1) is 0 Å². The van der Waals surface area contributed by atoms with Crippen LogP contribution in [-0.2, 0) is 0 Å². The van der Waals surface area contributed by atoms with E-state index in [1.54, 1.807) is 6.07 Å². The van der Waals surface area contributed by atoms with Crippen LogP contribution in [0, 0.1) is 11.7 Å². The first-order valence-electron chi connectivity index (χ1n) is 9.27. The van der Waals surface area contributed by atoms with Gasteiger partial charge in [0.25, 0.3) is 5.91 Å². The van der Waals surface area contributed by atoms with E-state index in [4.69, 9.17) is 0 Å². The zero-order valence-electron chi connectivity index (χ0n) is 14.8. The van der Waals surface area contributed by atoms with E-state index in [9.17, 15) is 14.3 Å². The molecule has 5 nitrogen and oxygen atoms in total. The Morgan fingerprint density at radius 3 is 2.93 bits per heavy atom. The quantitative estimate of drug-likeness (QED) is 0.662. The van der Waals surface area contributed by atoms with Crippen molar-refractivity contribution in [2.75, 3.05) is 29.9 Å². The maximum Gasteiger partial charge on any atom is 0.257 e. The molecule has 0 saturated carbocycles. The Hall–Kier alpha value is -2.86. The topological polar surface area (TPSA) is 68.4 Å². The van der Waals surface area contributed by atoms with E-state index >= 15 is 0 Å². The Labute approximate surface area is 155 Å². The van der Waals surface area contributed by atoms with E-state index in [0.717, 1.165) is 36.3 Å². The molecule has 0 aliphatic carbocycles. The molecule has 1 unspecified atom stereocenters. The highest BCUT2D eigenvalue weighted by atomic mass is 19.1. The first-order chi connectivity index (χ1) is 13.2. The van der Waals surface area contributed by atoms with Gasteiger partial charge >= 0.3 is 0 Å². The van der Waals surface area contributed by atoms with Crippen molar-refractivity contribution in [2.24, 2.45) is 5.92 Å². The minimum absolute atomic E-state index is 0.129. The number of amides is 1. The van der Waals surface area contributed by atoms with Crippen LogP contribution in [-0.4, -0.2) is 35.7 Å². The number of carbonyl (C=O) groups excluding carboxylic acids is 1. The number of hydrogen-bond donors (Lipinski definition) is 3. The summed E-state index contributed by atoms with van der Waals surface area (Å²) < 4.78 is 14.9. The van der Waals surface area contributed by atoms with Crippen LogP contribution in [0.2, 0.25) is 0 Å². The van der Waals surface area contributed by atoms with Gasteiger partial charge in [-0.1, -0.05) is 0 Å². The molecule has 3 aromatic rings. The smallest absolute Gasteiger partial charge is 0.257 e. The lowest BCUT2D eigenvalue weighted by atomic mass is 9.93. The molecule has 3 heterocycles. The molecule has 1 aromatic heterocycles. The summed E-state index contributed by atoms with van der Waals surface area (Å²) in [5, 5.41) is 13.6. The number of aromatic nitrogens is 1. The van der Waals surface area contributed by atoms with E-state index in [2.05, 4.69) is 15.2 Å². The summed E-state index contributed by atoms with van der Waals surface area (Å²) in [6, 6.07) is 8.76. The van der Waals surface area contributed by atoms with Gasteiger partial charge in [0.15, 0.2) is 0 Å². The van der Waals surface area contributed by atoms with Crippen molar-refractivity contribution in [1.29, 1.82) is 0 Å². The maximum absolute atomic E-state index is 14.9. The third-order valence-corrected chi connectivity index (χ3v) is 5.69. The van der Waals surface area contributed by atoms with E-state index in [0.29, 0.717) is 28.6 Å². The van der Waals surface area contributed by atoms with Crippen LogP contribution in [0.15, 0.2) is 36.5 Å². The van der Waals surface area contributed by atoms with E-state index in [1.807, 2.05) is 24.4 Å². The maximum atomic E-state index is 14.9. The third-order valence-electron chi connectivity index (χ3n) is 5.69. The molecule has 1 saturated heterocycles. The number of carbonyl (C=O) groups is 1. The third kappa shape index (κ3) is 2.44. The number of H-pyrrole nitrogens is 1. The number of rotatable bonds is 3. The number of hydrogen-bond acceptors (Lipinski definition) is 3. The van der Waals surface area contributed by atoms with Crippen molar-refractivity contribution in [3.8, 4) is 11.3 Å². The lowest BCUT2D eigenvalue weighted by molar-refractivity contribution is 0.103. The Balaban J connectivity index is 1.81. The van der Waals surface area contributed by atoms with Gasteiger partial charge in [-0.25, -0.2) is 4.39 Å². The molecule has 2 aliphatic heterocycles. The fourth-order valence-electron chi connectivity index (χ4n) is 4.42. The van der Waals surface area contributed by atoms with Crippen molar-refractivity contribution < 1.29 is 14.3 Å². The Kier molecular flexibility index (Phi) is 3.68. The summed E-state index contributed by atoms with van der Waals surface area (Å²) in [5.74, 6) is -0.354. The summed E-state index contributed by atoms with van der Waals surface area (Å²) in [7, 11) is 0. The van der Waals surface area contributed by atoms with Crippen molar-refractivity contribution >= 4 is 28.1 Å². The number of nitrogens with zero attached hydrogens (tertiary/aromatic N) is 1. The molecule has 27 heavy (non-hydrogen) atoms. The standard InChI is InChI=1S/C21H20FN3O2/c22-14-5-6-16-20-18(21(27)24-16)13(15-4-1-7-23-15)9-17(19(14)20)25-8-2-3-12(10-25)11-26/h1,4-7,9,12,23,26H,2-3,8,10-11H2,(H,24,27). The van der Waals surface area contributed by atoms with Gasteiger partial charge in [-0.2, -0.15) is 0 Å². The number of aliphatic hydroxyl groups is 1. The average molecular weight is 365 g/mol. The number of benzene rings is 2. The molecule has 2 aliphatic rings. The molecule has 1 atom stereocenters. The number of aromatic amines is 1. The molecule has 3 N–H and O–H groups in total. The predicted octanol–water partition coefficient (Wildman–Crippen LogP) is 3.75. The van der Waals surface area contributed by atoms with Gasteiger partial charge in [-0.05, 0) is 49.1 Å². The Morgan fingerprint density at radius 1 is 1.26 bits per heavy atom. The molecule has 2 aromatic carbocycles. The van der Waals surface area contributed by atoms with Gasteiger partial charge < -0.3 is 20.3 Å². The summed E-state index contributed by atoms with van der Waals surface area (Å²) in [5.41, 5.74) is 3.55. The highest BCUT2D eigenvalue weighted by molar-refractivity contribution is 6.28. The van der Waals surface area contributed by atoms with E-state index in [-0.39, 0.29) is 24.2 Å². The predicted molar refractivity (Wildman–Crippen MR) is 104 cm³/mol. The lowest BCUT2D eigenvalue weighted by Gasteiger charge is -2.34. The van der Waals surface area contributed by atoms with Gasteiger partial charge in [0, 0.05) is 59.3 Å². The van der Waals surface area contributed by atoms with Crippen LogP contribution >= 0.6 is 0 Å². The first-order valence-corrected chi connectivity index (χ1v) is 9.27. The van der Waals surface area contributed by atoms with Crippen molar-refractivity contribution in [1.82, 2.24) is 4.98 Å². The summed E-state index contributed by atoms with van der Waals surface area (Å²) in [6.45, 7) is 1.62. The normalized spacial score (nSPS) is 19.0. The van der Waals surface area contributed by atoms with Crippen molar-refractivity contribution in [2.45, 2.75) is 12.8 Å². The van der Waals surface area contributed by atoms with Gasteiger partial charge in [0.1, 0.15) is 5.82 Å². The molecule has 0 radical (unpaired) electrons. The molecule has 6 heteroatoms. The number of halogens is 1. The molecule has 1 fully saturated rings. The fraction of sp³-hybridized carbons (Fsp3) is 0.286. The molecule has 5 rings (SSSR count). The zero-order chi connectivity index (χ0) is 18.5. The van der Waals surface area contributed by atoms with Crippen LogP contribution in [0.5, 0.6) is 0 Å². The van der Waals surface area contributed by atoms with Crippen LogP contribution < -0.4 is 10.2 Å². The summed E-state index contributed by atoms with van der Waals surface area (Å²) >= 11 is 0. The summed E-state index contributed by atoms with van der Waals surface area (Å²) in [4.78, 5) is 18.0. The fourth-order valence-corrected chi connectivity index (χ4v) is 4.42.